The smallest absolute Gasteiger partial charge is 0.241 e. The van der Waals surface area contributed by atoms with E-state index in [0.717, 1.165) is 5.56 Å². The number of nitrogens with zero attached hydrogens (tertiary/aromatic N) is 1. The number of amides is 1. The number of benzene rings is 1. The minimum Gasteiger partial charge on any atom is -0.347 e. The van der Waals surface area contributed by atoms with Crippen LogP contribution in [0.25, 0.3) is 0 Å². The predicted molar refractivity (Wildman–Crippen MR) is 77.5 cm³/mol. The van der Waals surface area contributed by atoms with Gasteiger partial charge in [0.1, 0.15) is 0 Å². The summed E-state index contributed by atoms with van der Waals surface area (Å²) in [4.78, 5) is 13.2. The summed E-state index contributed by atoms with van der Waals surface area (Å²) in [7, 11) is -0.576. The van der Waals surface area contributed by atoms with Crippen LogP contribution in [0, 0.1) is 6.92 Å². The summed E-state index contributed by atoms with van der Waals surface area (Å²) >= 11 is 0. The van der Waals surface area contributed by atoms with Gasteiger partial charge in [-0.3, -0.25) is 4.79 Å². The van der Waals surface area contributed by atoms with Crippen molar-refractivity contribution in [3.63, 3.8) is 0 Å². The molecule has 0 aliphatic carbocycles. The van der Waals surface area contributed by atoms with Gasteiger partial charge in [-0.1, -0.05) is 12.1 Å². The fourth-order valence-electron chi connectivity index (χ4n) is 1.87. The van der Waals surface area contributed by atoms with Gasteiger partial charge in [-0.15, -0.1) is 0 Å². The van der Waals surface area contributed by atoms with E-state index >= 15 is 0 Å². The van der Waals surface area contributed by atoms with E-state index in [1.54, 1.807) is 33.2 Å². The first-order valence-electron chi connectivity index (χ1n) is 6.22. The van der Waals surface area contributed by atoms with Crippen LogP contribution in [0.15, 0.2) is 23.1 Å². The number of sulfonamides is 1. The SMILES string of the molecule is Cc1cc(CN)ccc1S(=O)(=O)NC(C)C(=O)N(C)C. The normalized spacial score (nSPS) is 13.1. The van der Waals surface area contributed by atoms with Crippen LogP contribution in [0.2, 0.25) is 0 Å². The van der Waals surface area contributed by atoms with Crippen molar-refractivity contribution in [2.45, 2.75) is 31.3 Å². The molecule has 7 heteroatoms. The number of aryl methyl sites for hydroxylation is 1. The highest BCUT2D eigenvalue weighted by Gasteiger charge is 2.24. The average molecular weight is 299 g/mol. The third kappa shape index (κ3) is 3.78. The molecule has 1 amide bonds. The zero-order chi connectivity index (χ0) is 15.5. The molecule has 0 saturated heterocycles. The van der Waals surface area contributed by atoms with E-state index in [9.17, 15) is 13.2 Å². The molecule has 0 aliphatic heterocycles. The molecule has 3 N–H and O–H groups in total. The number of carbonyl (C=O) groups is 1. The van der Waals surface area contributed by atoms with Crippen molar-refractivity contribution >= 4 is 15.9 Å². The lowest BCUT2D eigenvalue weighted by atomic mass is 10.1. The maximum absolute atomic E-state index is 12.3. The molecule has 0 fully saturated rings. The second kappa shape index (κ2) is 6.34. The first-order chi connectivity index (χ1) is 9.19. The summed E-state index contributed by atoms with van der Waals surface area (Å²) < 4.78 is 26.9. The third-order valence-electron chi connectivity index (χ3n) is 2.91. The van der Waals surface area contributed by atoms with Gasteiger partial charge in [-0.05, 0) is 31.0 Å². The Hall–Kier alpha value is -1.44. The van der Waals surface area contributed by atoms with Gasteiger partial charge in [0.25, 0.3) is 0 Å². The Morgan fingerprint density at radius 1 is 1.40 bits per heavy atom. The monoisotopic (exact) mass is 299 g/mol. The Morgan fingerprint density at radius 3 is 2.45 bits per heavy atom. The lowest BCUT2D eigenvalue weighted by Crippen LogP contribution is -2.44. The van der Waals surface area contributed by atoms with Crippen molar-refractivity contribution in [3.8, 4) is 0 Å². The van der Waals surface area contributed by atoms with Crippen LogP contribution >= 0.6 is 0 Å². The molecule has 1 unspecified atom stereocenters. The molecule has 0 aliphatic rings. The van der Waals surface area contributed by atoms with Gasteiger partial charge in [0.15, 0.2) is 0 Å². The van der Waals surface area contributed by atoms with Gasteiger partial charge in [0, 0.05) is 20.6 Å². The summed E-state index contributed by atoms with van der Waals surface area (Å²) in [6.07, 6.45) is 0. The highest BCUT2D eigenvalue weighted by atomic mass is 32.2. The number of nitrogens with two attached hydrogens (primary N) is 1. The number of carbonyl (C=O) groups excluding carboxylic acids is 1. The molecule has 0 aromatic heterocycles. The van der Waals surface area contributed by atoms with Crippen molar-refractivity contribution in [2.24, 2.45) is 5.73 Å². The Labute approximate surface area is 120 Å². The molecule has 0 bridgehead atoms. The van der Waals surface area contributed by atoms with Crippen molar-refractivity contribution in [3.05, 3.63) is 29.3 Å². The highest BCUT2D eigenvalue weighted by Crippen LogP contribution is 2.17. The van der Waals surface area contributed by atoms with Gasteiger partial charge < -0.3 is 10.6 Å². The molecule has 0 radical (unpaired) electrons. The van der Waals surface area contributed by atoms with Crippen molar-refractivity contribution in [1.82, 2.24) is 9.62 Å². The lowest BCUT2D eigenvalue weighted by molar-refractivity contribution is -0.130. The Kier molecular flexibility index (Phi) is 5.27. The van der Waals surface area contributed by atoms with Gasteiger partial charge in [0.2, 0.25) is 15.9 Å². The van der Waals surface area contributed by atoms with Crippen LogP contribution in [0.4, 0.5) is 0 Å². The van der Waals surface area contributed by atoms with Crippen LogP contribution in [-0.4, -0.2) is 39.4 Å². The first kappa shape index (κ1) is 16.6. The minimum atomic E-state index is -3.73. The zero-order valence-corrected chi connectivity index (χ0v) is 13.0. The molecule has 0 heterocycles. The van der Waals surface area contributed by atoms with Crippen molar-refractivity contribution in [1.29, 1.82) is 0 Å². The molecule has 1 atom stereocenters. The Balaban J connectivity index is 3.03. The fourth-order valence-corrected chi connectivity index (χ4v) is 3.30. The number of rotatable bonds is 5. The fraction of sp³-hybridized carbons (Fsp3) is 0.462. The summed E-state index contributed by atoms with van der Waals surface area (Å²) in [5.41, 5.74) is 6.98. The first-order valence-corrected chi connectivity index (χ1v) is 7.70. The zero-order valence-electron chi connectivity index (χ0n) is 12.2. The van der Waals surface area contributed by atoms with Gasteiger partial charge >= 0.3 is 0 Å². The molecular formula is C13H21N3O3S. The van der Waals surface area contributed by atoms with Crippen LogP contribution in [0.5, 0.6) is 0 Å². The maximum Gasteiger partial charge on any atom is 0.241 e. The summed E-state index contributed by atoms with van der Waals surface area (Å²) in [5.74, 6) is -0.301. The molecule has 112 valence electrons. The van der Waals surface area contributed by atoms with Crippen molar-refractivity contribution in [2.75, 3.05) is 14.1 Å². The topological polar surface area (TPSA) is 92.5 Å². The van der Waals surface area contributed by atoms with Crippen LogP contribution in [0.3, 0.4) is 0 Å². The van der Waals surface area contributed by atoms with Crippen LogP contribution in [-0.2, 0) is 21.4 Å². The summed E-state index contributed by atoms with van der Waals surface area (Å²) in [6.45, 7) is 3.57. The molecular weight excluding hydrogens is 278 g/mol. The number of nitrogens with one attached hydrogen (secondary N) is 1. The number of hydrogen-bond acceptors (Lipinski definition) is 4. The van der Waals surface area contributed by atoms with Gasteiger partial charge in [-0.2, -0.15) is 4.72 Å². The molecule has 6 nitrogen and oxygen atoms in total. The molecule has 1 rings (SSSR count). The largest absolute Gasteiger partial charge is 0.347 e. The highest BCUT2D eigenvalue weighted by molar-refractivity contribution is 7.89. The molecule has 0 saturated carbocycles. The number of hydrogen-bond donors (Lipinski definition) is 2. The minimum absolute atomic E-state index is 0.160. The van der Waals surface area contributed by atoms with E-state index in [4.69, 9.17) is 5.73 Å². The van der Waals surface area contributed by atoms with E-state index in [0.29, 0.717) is 12.1 Å². The average Bonchev–Trinajstić information content (AvgIpc) is 2.36. The van der Waals surface area contributed by atoms with Crippen molar-refractivity contribution < 1.29 is 13.2 Å². The summed E-state index contributed by atoms with van der Waals surface area (Å²) in [6, 6.07) is 4.09. The predicted octanol–water partition coefficient (Wildman–Crippen LogP) is 0.209. The van der Waals surface area contributed by atoms with E-state index in [2.05, 4.69) is 4.72 Å². The molecule has 0 spiro atoms. The Morgan fingerprint density at radius 2 is 2.00 bits per heavy atom. The second-order valence-electron chi connectivity index (χ2n) is 4.88. The Bertz CT molecular complexity index is 597. The molecule has 20 heavy (non-hydrogen) atoms. The molecule has 1 aromatic rings. The van der Waals surface area contributed by atoms with E-state index in [1.807, 2.05) is 0 Å². The number of likely N-dealkylation sites (N-methyl/N-ethyl adjacent to an activating group) is 1. The second-order valence-corrected chi connectivity index (χ2v) is 6.56. The third-order valence-corrected chi connectivity index (χ3v) is 4.61. The molecule has 1 aromatic carbocycles. The van der Waals surface area contributed by atoms with Gasteiger partial charge in [0.05, 0.1) is 10.9 Å². The maximum atomic E-state index is 12.3. The quantitative estimate of drug-likeness (QED) is 0.813. The van der Waals surface area contributed by atoms with Crippen LogP contribution in [0.1, 0.15) is 18.1 Å². The summed E-state index contributed by atoms with van der Waals surface area (Å²) in [5, 5.41) is 0. The standard InChI is InChI=1S/C13H21N3O3S/c1-9-7-11(8-14)5-6-12(9)20(18,19)15-10(2)13(17)16(3)4/h5-7,10,15H,8,14H2,1-4H3. The van der Waals surface area contributed by atoms with E-state index < -0.39 is 16.1 Å². The lowest BCUT2D eigenvalue weighted by Gasteiger charge is -2.18. The van der Waals surface area contributed by atoms with E-state index in [-0.39, 0.29) is 10.8 Å². The van der Waals surface area contributed by atoms with Crippen LogP contribution < -0.4 is 10.5 Å². The van der Waals surface area contributed by atoms with E-state index in [1.165, 1.54) is 17.9 Å². The van der Waals surface area contributed by atoms with Gasteiger partial charge in [-0.25, -0.2) is 8.42 Å².